The predicted molar refractivity (Wildman–Crippen MR) is 75.0 cm³/mol. The first-order valence-corrected chi connectivity index (χ1v) is 7.08. The summed E-state index contributed by atoms with van der Waals surface area (Å²) in [5, 5.41) is 0. The van der Waals surface area contributed by atoms with Gasteiger partial charge in [-0.3, -0.25) is 4.79 Å². The molecule has 1 saturated heterocycles. The van der Waals surface area contributed by atoms with Crippen molar-refractivity contribution in [2.75, 3.05) is 20.2 Å². The summed E-state index contributed by atoms with van der Waals surface area (Å²) in [5.74, 6) is -2.17. The fourth-order valence-corrected chi connectivity index (χ4v) is 2.63. The highest BCUT2D eigenvalue weighted by molar-refractivity contribution is 14.1. The summed E-state index contributed by atoms with van der Waals surface area (Å²) >= 11 is 1.75. The van der Waals surface area contributed by atoms with Crippen molar-refractivity contribution < 1.29 is 18.3 Å². The van der Waals surface area contributed by atoms with Gasteiger partial charge in [0.15, 0.2) is 5.82 Å². The zero-order valence-electron chi connectivity index (χ0n) is 10.5. The summed E-state index contributed by atoms with van der Waals surface area (Å²) in [6, 6.07) is 2.44. The zero-order chi connectivity index (χ0) is 14.0. The zero-order valence-corrected chi connectivity index (χ0v) is 12.6. The molecular weight excluding hydrogens is 367 g/mol. The van der Waals surface area contributed by atoms with Crippen LogP contribution in [0, 0.1) is 15.2 Å². The molecule has 1 heterocycles. The first-order valence-electron chi connectivity index (χ1n) is 6.00. The van der Waals surface area contributed by atoms with Crippen LogP contribution in [0.4, 0.5) is 8.78 Å². The summed E-state index contributed by atoms with van der Waals surface area (Å²) in [5.41, 5.74) is -0.456. The maximum atomic E-state index is 13.9. The minimum absolute atomic E-state index is 0.120. The molecule has 3 nitrogen and oxygen atoms in total. The number of likely N-dealkylation sites (tertiary alicyclic amines) is 1. The monoisotopic (exact) mass is 381 g/mol. The summed E-state index contributed by atoms with van der Waals surface area (Å²) in [7, 11) is 1.63. The number of piperidine rings is 1. The molecule has 0 saturated carbocycles. The molecule has 1 aromatic carbocycles. The Balaban J connectivity index is 2.19. The summed E-state index contributed by atoms with van der Waals surface area (Å²) in [6.07, 6.45) is 1.50. The van der Waals surface area contributed by atoms with Crippen LogP contribution < -0.4 is 0 Å². The fourth-order valence-electron chi connectivity index (χ4n) is 2.18. The van der Waals surface area contributed by atoms with Gasteiger partial charge in [-0.25, -0.2) is 8.78 Å². The van der Waals surface area contributed by atoms with Gasteiger partial charge in [-0.1, -0.05) is 0 Å². The lowest BCUT2D eigenvalue weighted by Gasteiger charge is -2.31. The SMILES string of the molecule is COC1CCN(C(=O)c2c(F)ccc(I)c2F)CC1. The highest BCUT2D eigenvalue weighted by atomic mass is 127. The highest BCUT2D eigenvalue weighted by Crippen LogP contribution is 2.22. The first kappa shape index (κ1) is 14.6. The number of nitrogens with zero attached hydrogens (tertiary/aromatic N) is 1. The molecule has 0 atom stereocenters. The highest BCUT2D eigenvalue weighted by Gasteiger charge is 2.28. The number of amides is 1. The van der Waals surface area contributed by atoms with Crippen molar-refractivity contribution in [3.8, 4) is 0 Å². The lowest BCUT2D eigenvalue weighted by molar-refractivity contribution is 0.0346. The normalized spacial score (nSPS) is 16.7. The second-order valence-electron chi connectivity index (χ2n) is 4.45. The van der Waals surface area contributed by atoms with E-state index in [9.17, 15) is 13.6 Å². The number of benzene rings is 1. The van der Waals surface area contributed by atoms with Crippen LogP contribution in [-0.4, -0.2) is 37.1 Å². The Labute approximate surface area is 124 Å². The molecule has 0 aromatic heterocycles. The van der Waals surface area contributed by atoms with E-state index in [0.29, 0.717) is 25.9 Å². The molecule has 2 rings (SSSR count). The van der Waals surface area contributed by atoms with Crippen LogP contribution in [-0.2, 0) is 4.74 Å². The number of rotatable bonds is 2. The van der Waals surface area contributed by atoms with E-state index in [4.69, 9.17) is 4.74 Å². The van der Waals surface area contributed by atoms with Crippen molar-refractivity contribution in [2.45, 2.75) is 18.9 Å². The number of carbonyl (C=O) groups is 1. The van der Waals surface area contributed by atoms with E-state index in [0.717, 1.165) is 6.07 Å². The lowest BCUT2D eigenvalue weighted by atomic mass is 10.1. The van der Waals surface area contributed by atoms with E-state index in [1.165, 1.54) is 11.0 Å². The average molecular weight is 381 g/mol. The topological polar surface area (TPSA) is 29.5 Å². The van der Waals surface area contributed by atoms with E-state index >= 15 is 0 Å². The maximum absolute atomic E-state index is 13.9. The molecule has 104 valence electrons. The van der Waals surface area contributed by atoms with E-state index in [1.807, 2.05) is 0 Å². The van der Waals surface area contributed by atoms with Gasteiger partial charge in [-0.15, -0.1) is 0 Å². The molecule has 1 aliphatic rings. The third-order valence-electron chi connectivity index (χ3n) is 3.32. The van der Waals surface area contributed by atoms with E-state index in [-0.39, 0.29) is 9.67 Å². The van der Waals surface area contributed by atoms with Crippen LogP contribution in [0.1, 0.15) is 23.2 Å². The Morgan fingerprint density at radius 2 is 2.00 bits per heavy atom. The standard InChI is InChI=1S/C13H14F2INO2/c1-19-8-4-6-17(7-5-8)13(18)11-9(14)2-3-10(16)12(11)15/h2-3,8H,4-7H2,1H3. The predicted octanol–water partition coefficient (Wildman–Crippen LogP) is 2.82. The first-order chi connectivity index (χ1) is 9.04. The van der Waals surface area contributed by atoms with Gasteiger partial charge in [-0.05, 0) is 47.6 Å². The van der Waals surface area contributed by atoms with Gasteiger partial charge < -0.3 is 9.64 Å². The largest absolute Gasteiger partial charge is 0.381 e. The number of ether oxygens (including phenoxy) is 1. The van der Waals surface area contributed by atoms with Gasteiger partial charge in [0, 0.05) is 23.8 Å². The molecule has 1 amide bonds. The lowest BCUT2D eigenvalue weighted by Crippen LogP contribution is -2.41. The molecule has 1 aromatic rings. The molecule has 1 fully saturated rings. The molecule has 6 heteroatoms. The van der Waals surface area contributed by atoms with Crippen molar-refractivity contribution in [1.29, 1.82) is 0 Å². The van der Waals surface area contributed by atoms with Crippen LogP contribution in [0.5, 0.6) is 0 Å². The van der Waals surface area contributed by atoms with Crippen LogP contribution in [0.15, 0.2) is 12.1 Å². The van der Waals surface area contributed by atoms with E-state index in [1.54, 1.807) is 29.7 Å². The summed E-state index contributed by atoms with van der Waals surface area (Å²) in [6.45, 7) is 0.920. The van der Waals surface area contributed by atoms with Crippen molar-refractivity contribution in [3.05, 3.63) is 32.9 Å². The molecular formula is C13H14F2INO2. The Kier molecular flexibility index (Phi) is 4.72. The second kappa shape index (κ2) is 6.13. The Bertz CT molecular complexity index is 488. The van der Waals surface area contributed by atoms with Crippen LogP contribution in [0.3, 0.4) is 0 Å². The average Bonchev–Trinajstić information content (AvgIpc) is 2.43. The van der Waals surface area contributed by atoms with Gasteiger partial charge >= 0.3 is 0 Å². The quantitative estimate of drug-likeness (QED) is 0.583. The van der Waals surface area contributed by atoms with Crippen molar-refractivity contribution in [2.24, 2.45) is 0 Å². The fraction of sp³-hybridized carbons (Fsp3) is 0.462. The van der Waals surface area contributed by atoms with Gasteiger partial charge in [0.2, 0.25) is 0 Å². The molecule has 19 heavy (non-hydrogen) atoms. The third-order valence-corrected chi connectivity index (χ3v) is 4.15. The second-order valence-corrected chi connectivity index (χ2v) is 5.61. The summed E-state index contributed by atoms with van der Waals surface area (Å²) < 4.78 is 33.0. The molecule has 0 aliphatic carbocycles. The number of hydrogen-bond acceptors (Lipinski definition) is 2. The number of halogens is 3. The van der Waals surface area contributed by atoms with Gasteiger partial charge in [0.25, 0.3) is 5.91 Å². The minimum atomic E-state index is -0.809. The maximum Gasteiger partial charge on any atom is 0.259 e. The Morgan fingerprint density at radius 1 is 1.37 bits per heavy atom. The van der Waals surface area contributed by atoms with Crippen LogP contribution in [0.25, 0.3) is 0 Å². The molecule has 1 aliphatic heterocycles. The van der Waals surface area contributed by atoms with Gasteiger partial charge in [-0.2, -0.15) is 0 Å². The van der Waals surface area contributed by atoms with E-state index in [2.05, 4.69) is 0 Å². The van der Waals surface area contributed by atoms with Gasteiger partial charge in [0.05, 0.1) is 6.10 Å². The number of hydrogen-bond donors (Lipinski definition) is 0. The van der Waals surface area contributed by atoms with Crippen molar-refractivity contribution in [3.63, 3.8) is 0 Å². The molecule has 0 unspecified atom stereocenters. The third kappa shape index (κ3) is 3.05. The molecule has 0 spiro atoms. The molecule has 0 bridgehead atoms. The van der Waals surface area contributed by atoms with Crippen LogP contribution >= 0.6 is 22.6 Å². The summed E-state index contributed by atoms with van der Waals surface area (Å²) in [4.78, 5) is 13.7. The number of methoxy groups -OCH3 is 1. The minimum Gasteiger partial charge on any atom is -0.381 e. The van der Waals surface area contributed by atoms with Crippen molar-refractivity contribution in [1.82, 2.24) is 4.90 Å². The molecule has 0 N–H and O–H groups in total. The Morgan fingerprint density at radius 3 is 2.58 bits per heavy atom. The Hall–Kier alpha value is -0.760. The molecule has 0 radical (unpaired) electrons. The number of carbonyl (C=O) groups excluding carboxylic acids is 1. The smallest absolute Gasteiger partial charge is 0.259 e. The van der Waals surface area contributed by atoms with Crippen molar-refractivity contribution >= 4 is 28.5 Å². The van der Waals surface area contributed by atoms with E-state index < -0.39 is 23.1 Å². The van der Waals surface area contributed by atoms with Crippen LogP contribution in [0.2, 0.25) is 0 Å². The van der Waals surface area contributed by atoms with Gasteiger partial charge in [0.1, 0.15) is 11.4 Å².